The molecule has 3 heterocycles. The fourth-order valence-electron chi connectivity index (χ4n) is 2.79. The quantitative estimate of drug-likeness (QED) is 0.173. The number of β-lactam (4-membered cyclic amide) rings is 1. The Labute approximate surface area is 246 Å². The van der Waals surface area contributed by atoms with Crippen LogP contribution in [0, 0.1) is 0 Å². The molecule has 2 aliphatic heterocycles. The van der Waals surface area contributed by atoms with E-state index in [0.29, 0.717) is 0 Å². The molecular formula is C15H11F3N4Na2O7S3. The van der Waals surface area contributed by atoms with Crippen LogP contribution in [0.5, 0.6) is 0 Å². The Bertz CT molecular complexity index is 995. The maximum absolute atomic E-state index is 12.4. The third-order valence-corrected chi connectivity index (χ3v) is 7.02. The van der Waals surface area contributed by atoms with Gasteiger partial charge >= 0.3 is 64.6 Å². The van der Waals surface area contributed by atoms with Gasteiger partial charge in [-0.15, -0.1) is 22.0 Å². The van der Waals surface area contributed by atoms with Crippen LogP contribution in [0.4, 0.5) is 13.2 Å². The number of rotatable bonds is 9. The van der Waals surface area contributed by atoms with Crippen molar-refractivity contribution in [1.82, 2.24) is 20.4 Å². The Morgan fingerprint density at radius 3 is 2.50 bits per heavy atom. The number of aliphatic carboxylic acids is 2. The van der Waals surface area contributed by atoms with E-state index >= 15 is 0 Å². The number of fused-ring (bicyclic) bond motifs is 1. The molecule has 1 saturated heterocycles. The summed E-state index contributed by atoms with van der Waals surface area (Å²) in [5.41, 5.74) is -4.73. The van der Waals surface area contributed by atoms with Gasteiger partial charge in [0.15, 0.2) is 0 Å². The largest absolute Gasteiger partial charge is 1.00 e. The first-order valence-corrected chi connectivity index (χ1v) is 11.5. The number of amides is 2. The number of halogens is 3. The first-order chi connectivity index (χ1) is 15.0. The molecule has 1 fully saturated rings. The van der Waals surface area contributed by atoms with E-state index in [1.54, 1.807) is 0 Å². The summed E-state index contributed by atoms with van der Waals surface area (Å²) in [4.78, 5) is 47.2. The van der Waals surface area contributed by atoms with Crippen LogP contribution in [0.3, 0.4) is 0 Å². The van der Waals surface area contributed by atoms with E-state index in [4.69, 9.17) is 4.42 Å². The summed E-state index contributed by atoms with van der Waals surface area (Å²) in [6.07, 6.45) is -0.588. The summed E-state index contributed by atoms with van der Waals surface area (Å²) in [5.74, 6) is -5.86. The number of alkyl halides is 3. The molecule has 19 heteroatoms. The average Bonchev–Trinajstić information content (AvgIpc) is 3.13. The number of hydrogen-bond acceptors (Lipinski definition) is 12. The fourth-order valence-corrected chi connectivity index (χ4v) is 5.43. The van der Waals surface area contributed by atoms with Gasteiger partial charge in [0.1, 0.15) is 11.4 Å². The number of carboxylic acid groups (broad SMARTS) is 2. The molecule has 1 aromatic heterocycles. The van der Waals surface area contributed by atoms with Crippen LogP contribution < -0.4 is 74.6 Å². The molecule has 0 aliphatic carbocycles. The Hall–Kier alpha value is -0.400. The Morgan fingerprint density at radius 2 is 1.91 bits per heavy atom. The van der Waals surface area contributed by atoms with E-state index in [1.165, 1.54) is 0 Å². The van der Waals surface area contributed by atoms with Gasteiger partial charge < -0.3 is 29.5 Å². The second-order valence-corrected chi connectivity index (χ2v) is 9.30. The third kappa shape index (κ3) is 8.06. The van der Waals surface area contributed by atoms with Crippen LogP contribution in [0.1, 0.15) is 5.89 Å². The molecule has 0 radical (unpaired) electrons. The predicted octanol–water partition coefficient (Wildman–Crippen LogP) is -7.88. The molecule has 2 atom stereocenters. The summed E-state index contributed by atoms with van der Waals surface area (Å²) in [6, 6.07) is -1.16. The van der Waals surface area contributed by atoms with Crippen LogP contribution in [0.25, 0.3) is 0 Å². The van der Waals surface area contributed by atoms with Gasteiger partial charge in [0.25, 0.3) is 11.1 Å². The number of nitrogens with one attached hydrogen (secondary N) is 1. The summed E-state index contributed by atoms with van der Waals surface area (Å²) in [5, 5.41) is 30.7. The van der Waals surface area contributed by atoms with Crippen LogP contribution in [-0.2, 0) is 25.6 Å². The number of hydrogen-bond donors (Lipinski definition) is 1. The molecule has 0 saturated carbocycles. The van der Waals surface area contributed by atoms with Gasteiger partial charge in [-0.25, -0.2) is 0 Å². The summed E-state index contributed by atoms with van der Waals surface area (Å²) >= 11 is 1.48. The molecule has 0 spiro atoms. The van der Waals surface area contributed by atoms with Gasteiger partial charge in [-0.3, -0.25) is 14.5 Å². The second-order valence-electron chi connectivity index (χ2n) is 6.23. The fraction of sp³-hybridized carbons (Fsp3) is 0.467. The molecule has 1 unspecified atom stereocenters. The first-order valence-electron chi connectivity index (χ1n) is 8.49. The Balaban J connectivity index is 0.00000289. The number of carbonyl (C=O) groups excluding carboxylic acids is 4. The number of nitrogens with zero attached hydrogens (tertiary/aromatic N) is 3. The van der Waals surface area contributed by atoms with Gasteiger partial charge in [-0.05, 0) is 17.3 Å². The van der Waals surface area contributed by atoms with Crippen LogP contribution >= 0.6 is 35.3 Å². The molecule has 1 N–H and O–H groups in total. The summed E-state index contributed by atoms with van der Waals surface area (Å²) in [7, 11) is 0. The molecule has 3 rings (SSSR count). The van der Waals surface area contributed by atoms with Crippen molar-refractivity contribution in [3.8, 4) is 0 Å². The second kappa shape index (κ2) is 13.2. The number of aromatic nitrogens is 2. The van der Waals surface area contributed by atoms with E-state index in [9.17, 15) is 42.6 Å². The Kier molecular flexibility index (Phi) is 12.3. The maximum atomic E-state index is 12.4. The van der Waals surface area contributed by atoms with Crippen LogP contribution in [0.2, 0.25) is 0 Å². The van der Waals surface area contributed by atoms with Crippen molar-refractivity contribution in [1.29, 1.82) is 0 Å². The van der Waals surface area contributed by atoms with E-state index in [2.05, 4.69) is 15.5 Å². The molecular weight excluding hydrogens is 547 g/mol. The normalized spacial score (nSPS) is 19.4. The zero-order valence-electron chi connectivity index (χ0n) is 17.5. The van der Waals surface area contributed by atoms with Gasteiger partial charge in [0.2, 0.25) is 11.8 Å². The van der Waals surface area contributed by atoms with Crippen molar-refractivity contribution in [3.63, 3.8) is 0 Å². The molecule has 2 amide bonds. The zero-order valence-corrected chi connectivity index (χ0v) is 24.0. The smallest absolute Gasteiger partial charge is 0.550 e. The minimum Gasteiger partial charge on any atom is -0.550 e. The number of carboxylic acids is 2. The van der Waals surface area contributed by atoms with Crippen LogP contribution in [0.15, 0.2) is 20.9 Å². The minimum absolute atomic E-state index is 0. The topological polar surface area (TPSA) is 169 Å². The third-order valence-electron chi connectivity index (χ3n) is 4.04. The monoisotopic (exact) mass is 558 g/mol. The molecule has 2 aliphatic rings. The molecule has 1 aromatic rings. The van der Waals surface area contributed by atoms with Gasteiger partial charge in [0, 0.05) is 11.5 Å². The zero-order chi connectivity index (χ0) is 23.6. The molecule has 0 bridgehead atoms. The predicted molar refractivity (Wildman–Crippen MR) is 99.3 cm³/mol. The average molecular weight is 558 g/mol. The van der Waals surface area contributed by atoms with E-state index in [0.717, 1.165) is 28.4 Å². The number of thioether (sulfide) groups is 3. The molecule has 11 nitrogen and oxygen atoms in total. The Morgan fingerprint density at radius 1 is 1.24 bits per heavy atom. The molecule has 34 heavy (non-hydrogen) atoms. The molecule has 174 valence electrons. The van der Waals surface area contributed by atoms with E-state index < -0.39 is 70.3 Å². The van der Waals surface area contributed by atoms with Gasteiger partial charge in [0.05, 0.1) is 29.8 Å². The first kappa shape index (κ1) is 31.6. The van der Waals surface area contributed by atoms with Gasteiger partial charge in [-0.1, -0.05) is 11.8 Å². The van der Waals surface area contributed by atoms with Crippen molar-refractivity contribution >= 4 is 59.0 Å². The van der Waals surface area contributed by atoms with Crippen LogP contribution in [-0.4, -0.2) is 73.0 Å². The summed E-state index contributed by atoms with van der Waals surface area (Å²) in [6.45, 7) is 0. The van der Waals surface area contributed by atoms with Crippen molar-refractivity contribution in [3.05, 3.63) is 17.2 Å². The van der Waals surface area contributed by atoms with Crippen molar-refractivity contribution in [2.24, 2.45) is 0 Å². The van der Waals surface area contributed by atoms with Crippen molar-refractivity contribution < 1.29 is 106 Å². The maximum Gasteiger partial charge on any atom is 1.00 e. The standard InChI is InChI=1S/C15H13F3N4O7S3.2Na/c16-15(17,18)32-4-6(23)19-9-11(26)22-10(13(27)28)5(2-30-12(9)22)3-31-14-21-20-7(29-14)1-8(24)25;;/h9,12H,1-4H2,(H,19,23)(H,24,25)(H,27,28);;/q;2*+1/p-2/t9?,12-;;/m0../s1. The minimum atomic E-state index is -4.60. The SMILES string of the molecule is O=C([O-])Cc1nnc(SCC2=C(C(=O)[O-])N3C(=O)C(NC(=O)CSC(F)(F)F)[C@@H]3SC2)o1.[Na+].[Na+]. The van der Waals surface area contributed by atoms with Gasteiger partial charge in [-0.2, -0.15) is 13.2 Å². The van der Waals surface area contributed by atoms with E-state index in [1.807, 2.05) is 0 Å². The van der Waals surface area contributed by atoms with Crippen molar-refractivity contribution in [2.45, 2.75) is 28.6 Å². The molecule has 0 aromatic carbocycles. The van der Waals surface area contributed by atoms with E-state index in [-0.39, 0.29) is 87.3 Å². The summed E-state index contributed by atoms with van der Waals surface area (Å²) < 4.78 is 41.7. The van der Waals surface area contributed by atoms with Crippen molar-refractivity contribution in [2.75, 3.05) is 17.3 Å². The number of carbonyl (C=O) groups is 4.